The van der Waals surface area contributed by atoms with E-state index in [1.165, 1.54) is 6.20 Å². The molecule has 2 rings (SSSR count). The van der Waals surface area contributed by atoms with Crippen LogP contribution < -0.4 is 10.5 Å². The normalized spacial score (nSPS) is 17.6. The fourth-order valence-corrected chi connectivity index (χ4v) is 1.13. The Balaban J connectivity index is 2.15. The van der Waals surface area contributed by atoms with Gasteiger partial charge in [0.15, 0.2) is 5.75 Å². The zero-order chi connectivity index (χ0) is 7.68. The summed E-state index contributed by atoms with van der Waals surface area (Å²) in [5.74, 6) is 0.193. The van der Waals surface area contributed by atoms with Crippen LogP contribution in [0.1, 0.15) is 6.42 Å². The third-order valence-corrected chi connectivity index (χ3v) is 1.64. The summed E-state index contributed by atoms with van der Waals surface area (Å²) in [6, 6.07) is 0. The van der Waals surface area contributed by atoms with Crippen LogP contribution in [0.3, 0.4) is 0 Å². The molecular weight excluding hydrogens is 144 g/mol. The van der Waals surface area contributed by atoms with Crippen molar-refractivity contribution in [2.24, 2.45) is 0 Å². The van der Waals surface area contributed by atoms with Crippen LogP contribution in [-0.4, -0.2) is 28.1 Å². The lowest BCUT2D eigenvalue weighted by Crippen LogP contribution is -2.40. The molecule has 1 aromatic rings. The average Bonchev–Trinajstić information content (AvgIpc) is 2.55. The van der Waals surface area contributed by atoms with Crippen LogP contribution in [0.4, 0.5) is 0 Å². The molecule has 1 aromatic heterocycles. The molecule has 5 nitrogen and oxygen atoms in total. The van der Waals surface area contributed by atoms with Crippen molar-refractivity contribution in [2.45, 2.75) is 6.42 Å². The first-order valence-electron chi connectivity index (χ1n) is 3.61. The Morgan fingerprint density at radius 3 is 3.09 bits per heavy atom. The fourth-order valence-electron chi connectivity index (χ4n) is 1.13. The van der Waals surface area contributed by atoms with E-state index in [0.717, 1.165) is 19.5 Å². The summed E-state index contributed by atoms with van der Waals surface area (Å²) < 4.78 is 0. The summed E-state index contributed by atoms with van der Waals surface area (Å²) in [7, 11) is 0. The van der Waals surface area contributed by atoms with E-state index in [2.05, 4.69) is 10.5 Å². The van der Waals surface area contributed by atoms with Gasteiger partial charge in [0.2, 0.25) is 0 Å². The molecule has 0 unspecified atom stereocenters. The molecule has 0 amide bonds. The van der Waals surface area contributed by atoms with E-state index < -0.39 is 0 Å². The van der Waals surface area contributed by atoms with E-state index in [4.69, 9.17) is 5.11 Å². The van der Waals surface area contributed by atoms with Gasteiger partial charge in [0.1, 0.15) is 0 Å². The molecule has 0 spiro atoms. The first-order valence-corrected chi connectivity index (χ1v) is 3.61. The molecule has 11 heavy (non-hydrogen) atoms. The summed E-state index contributed by atoms with van der Waals surface area (Å²) in [6.07, 6.45) is 4.10. The number of nitrogens with one attached hydrogen (secondary N) is 1. The van der Waals surface area contributed by atoms with Gasteiger partial charge in [0.25, 0.3) is 0 Å². The van der Waals surface area contributed by atoms with Crippen molar-refractivity contribution in [3.63, 3.8) is 0 Å². The van der Waals surface area contributed by atoms with Gasteiger partial charge in [-0.05, 0) is 6.42 Å². The van der Waals surface area contributed by atoms with Gasteiger partial charge in [-0.1, -0.05) is 0 Å². The van der Waals surface area contributed by atoms with Crippen LogP contribution in [0.5, 0.6) is 5.75 Å². The Morgan fingerprint density at radius 1 is 1.64 bits per heavy atom. The van der Waals surface area contributed by atoms with E-state index in [1.807, 2.05) is 5.12 Å². The molecule has 60 valence electrons. The smallest absolute Gasteiger partial charge is 0.155 e. The van der Waals surface area contributed by atoms with Crippen molar-refractivity contribution in [3.8, 4) is 5.75 Å². The van der Waals surface area contributed by atoms with Crippen LogP contribution >= 0.6 is 0 Å². The molecule has 0 aromatic carbocycles. The molecule has 2 N–H and O–H groups in total. The van der Waals surface area contributed by atoms with E-state index >= 15 is 0 Å². The van der Waals surface area contributed by atoms with Crippen LogP contribution in [-0.2, 0) is 0 Å². The lowest BCUT2D eigenvalue weighted by atomic mass is 10.5. The number of hydrazine groups is 1. The van der Waals surface area contributed by atoms with Crippen molar-refractivity contribution in [1.82, 2.24) is 15.3 Å². The predicted octanol–water partition coefficient (Wildman–Crippen LogP) is -0.565. The number of aromatic nitrogens is 2. The van der Waals surface area contributed by atoms with E-state index in [0.29, 0.717) is 0 Å². The van der Waals surface area contributed by atoms with Crippen molar-refractivity contribution in [2.75, 3.05) is 18.2 Å². The fraction of sp³-hybridized carbons (Fsp3) is 0.500. The number of aromatic hydroxyl groups is 1. The van der Waals surface area contributed by atoms with Gasteiger partial charge in [-0.15, -0.1) is 0 Å². The minimum Gasteiger partial charge on any atom is -0.505 e. The summed E-state index contributed by atoms with van der Waals surface area (Å²) >= 11 is 0. The third kappa shape index (κ3) is 1.14. The molecule has 0 radical (unpaired) electrons. The van der Waals surface area contributed by atoms with Crippen LogP contribution in [0.2, 0.25) is 0 Å². The van der Waals surface area contributed by atoms with E-state index in [1.54, 1.807) is 11.0 Å². The van der Waals surface area contributed by atoms with Crippen molar-refractivity contribution >= 4 is 0 Å². The Bertz CT molecular complexity index is 240. The van der Waals surface area contributed by atoms with Gasteiger partial charge in [-0.25, -0.2) is 10.5 Å². The van der Waals surface area contributed by atoms with Gasteiger partial charge < -0.3 is 5.11 Å². The van der Waals surface area contributed by atoms with Crippen LogP contribution in [0.25, 0.3) is 0 Å². The summed E-state index contributed by atoms with van der Waals surface area (Å²) in [5, 5.41) is 14.8. The summed E-state index contributed by atoms with van der Waals surface area (Å²) in [5.41, 5.74) is 3.11. The monoisotopic (exact) mass is 154 g/mol. The maximum Gasteiger partial charge on any atom is 0.155 e. The molecule has 1 saturated heterocycles. The zero-order valence-corrected chi connectivity index (χ0v) is 6.06. The largest absolute Gasteiger partial charge is 0.505 e. The summed E-state index contributed by atoms with van der Waals surface area (Å²) in [6.45, 7) is 1.90. The average molecular weight is 154 g/mol. The molecule has 0 atom stereocenters. The van der Waals surface area contributed by atoms with Crippen molar-refractivity contribution in [3.05, 3.63) is 12.4 Å². The van der Waals surface area contributed by atoms with Gasteiger partial charge in [-0.3, -0.25) is 0 Å². The number of rotatable bonds is 1. The number of hydrogen-bond acceptors (Lipinski definition) is 4. The molecule has 1 fully saturated rings. The standard InChI is InChI=1S/C6H10N4O/c11-6-4-8-10(5-6)9-3-1-2-7-9/h4-5,7,11H,1-3H2. The topological polar surface area (TPSA) is 53.3 Å². The summed E-state index contributed by atoms with van der Waals surface area (Å²) in [4.78, 5) is 1.60. The zero-order valence-electron chi connectivity index (χ0n) is 6.06. The quantitative estimate of drug-likeness (QED) is 0.569. The van der Waals surface area contributed by atoms with Gasteiger partial charge >= 0.3 is 0 Å². The second-order valence-corrected chi connectivity index (χ2v) is 2.50. The SMILES string of the molecule is Oc1cnn(N2CCCN2)c1. The Kier molecular flexibility index (Phi) is 1.43. The molecule has 0 bridgehead atoms. The molecule has 2 heterocycles. The Morgan fingerprint density at radius 2 is 2.55 bits per heavy atom. The third-order valence-electron chi connectivity index (χ3n) is 1.64. The highest BCUT2D eigenvalue weighted by Gasteiger charge is 2.11. The highest BCUT2D eigenvalue weighted by atomic mass is 16.3. The second kappa shape index (κ2) is 2.43. The van der Waals surface area contributed by atoms with E-state index in [-0.39, 0.29) is 5.75 Å². The minimum atomic E-state index is 0.193. The first kappa shape index (κ1) is 6.48. The number of nitrogens with zero attached hydrogens (tertiary/aromatic N) is 3. The van der Waals surface area contributed by atoms with Gasteiger partial charge in [0, 0.05) is 6.54 Å². The molecule has 0 aliphatic carbocycles. The predicted molar refractivity (Wildman–Crippen MR) is 39.6 cm³/mol. The molecule has 0 saturated carbocycles. The van der Waals surface area contributed by atoms with Crippen molar-refractivity contribution < 1.29 is 5.11 Å². The van der Waals surface area contributed by atoms with Crippen molar-refractivity contribution in [1.29, 1.82) is 0 Å². The molecule has 1 aliphatic rings. The van der Waals surface area contributed by atoms with Gasteiger partial charge in [-0.2, -0.15) is 9.89 Å². The maximum atomic E-state index is 8.98. The number of hydrogen-bond donors (Lipinski definition) is 2. The van der Waals surface area contributed by atoms with Crippen LogP contribution in [0, 0.1) is 0 Å². The first-order chi connectivity index (χ1) is 5.36. The van der Waals surface area contributed by atoms with E-state index in [9.17, 15) is 0 Å². The Labute approximate surface area is 64.2 Å². The second-order valence-electron chi connectivity index (χ2n) is 2.50. The lowest BCUT2D eigenvalue weighted by Gasteiger charge is -2.16. The maximum absolute atomic E-state index is 8.98. The highest BCUT2D eigenvalue weighted by molar-refractivity contribution is 5.10. The van der Waals surface area contributed by atoms with Crippen LogP contribution in [0.15, 0.2) is 12.4 Å². The molecular formula is C6H10N4O. The lowest BCUT2D eigenvalue weighted by molar-refractivity contribution is 0.469. The molecule has 5 heteroatoms. The molecule has 1 aliphatic heterocycles. The minimum absolute atomic E-state index is 0.193. The highest BCUT2D eigenvalue weighted by Crippen LogP contribution is 2.05. The Hall–Kier alpha value is -1.23. The van der Waals surface area contributed by atoms with Gasteiger partial charge in [0.05, 0.1) is 18.9 Å².